The van der Waals surface area contributed by atoms with Crippen LogP contribution in [0.3, 0.4) is 0 Å². The zero-order valence-electron chi connectivity index (χ0n) is 14.9. The Balaban J connectivity index is 0.00000312. The van der Waals surface area contributed by atoms with Gasteiger partial charge in [0.1, 0.15) is 18.1 Å². The second-order valence-corrected chi connectivity index (χ2v) is 5.13. The lowest BCUT2D eigenvalue weighted by Gasteiger charge is -2.12. The molecule has 0 aliphatic carbocycles. The molecule has 25 heavy (non-hydrogen) atoms. The number of aliphatic imine (C=N–C) groups is 1. The van der Waals surface area contributed by atoms with Crippen molar-refractivity contribution in [3.05, 3.63) is 41.5 Å². The number of aryl methyl sites for hydroxylation is 2. The van der Waals surface area contributed by atoms with E-state index in [1.54, 1.807) is 19.4 Å². The molecule has 2 aromatic rings. The summed E-state index contributed by atoms with van der Waals surface area (Å²) in [7, 11) is 1.74. The molecule has 0 aliphatic heterocycles. The lowest BCUT2D eigenvalue weighted by molar-refractivity contribution is 0.320. The van der Waals surface area contributed by atoms with Crippen molar-refractivity contribution < 1.29 is 9.26 Å². The van der Waals surface area contributed by atoms with Gasteiger partial charge in [0.25, 0.3) is 0 Å². The number of hydrogen-bond donors (Lipinski definition) is 2. The maximum Gasteiger partial charge on any atom is 0.191 e. The molecule has 0 saturated carbocycles. The fraction of sp³-hybridized carbons (Fsp3) is 0.471. The maximum atomic E-state index is 5.59. The number of ether oxygens (including phenoxy) is 1. The average molecular weight is 459 g/mol. The fourth-order valence-corrected chi connectivity index (χ4v) is 2.30. The smallest absolute Gasteiger partial charge is 0.191 e. The molecule has 2 N–H and O–H groups in total. The van der Waals surface area contributed by atoms with E-state index in [1.807, 2.05) is 12.1 Å². The first-order valence-corrected chi connectivity index (χ1v) is 8.22. The summed E-state index contributed by atoms with van der Waals surface area (Å²) in [5, 5.41) is 10.6. The van der Waals surface area contributed by atoms with Crippen LogP contribution in [-0.2, 0) is 19.4 Å². The van der Waals surface area contributed by atoms with Crippen LogP contribution in [0.25, 0.3) is 0 Å². The Hall–Kier alpha value is -1.84. The van der Waals surface area contributed by atoms with E-state index in [0.717, 1.165) is 41.6 Å². The maximum absolute atomic E-state index is 5.59. The van der Waals surface area contributed by atoms with Crippen LogP contribution in [-0.4, -0.2) is 36.3 Å². The molecule has 0 fully saturated rings. The van der Waals surface area contributed by atoms with Crippen LogP contribution >= 0.6 is 24.0 Å². The van der Waals surface area contributed by atoms with Crippen LogP contribution in [0.2, 0.25) is 0 Å². The van der Waals surface area contributed by atoms with E-state index < -0.39 is 0 Å². The number of nitrogens with zero attached hydrogens (tertiary/aromatic N) is 3. The molecule has 2 rings (SSSR count). The van der Waals surface area contributed by atoms with E-state index in [-0.39, 0.29) is 24.0 Å². The average Bonchev–Trinajstić information content (AvgIpc) is 3.04. The Morgan fingerprint density at radius 1 is 1.28 bits per heavy atom. The highest BCUT2D eigenvalue weighted by molar-refractivity contribution is 14.0. The van der Waals surface area contributed by atoms with Gasteiger partial charge in [-0.15, -0.1) is 24.0 Å². The van der Waals surface area contributed by atoms with Crippen LogP contribution in [0.5, 0.6) is 5.75 Å². The molecule has 2 heterocycles. The second kappa shape index (κ2) is 11.7. The first-order valence-electron chi connectivity index (χ1n) is 8.22. The summed E-state index contributed by atoms with van der Waals surface area (Å²) < 4.78 is 11.0. The molecule has 0 atom stereocenters. The van der Waals surface area contributed by atoms with Gasteiger partial charge in [-0.05, 0) is 18.6 Å². The van der Waals surface area contributed by atoms with Crippen LogP contribution < -0.4 is 15.4 Å². The number of rotatable bonds is 8. The summed E-state index contributed by atoms with van der Waals surface area (Å²) >= 11 is 0. The normalized spacial score (nSPS) is 10.9. The van der Waals surface area contributed by atoms with Gasteiger partial charge in [-0.1, -0.05) is 19.0 Å². The van der Waals surface area contributed by atoms with Gasteiger partial charge in [0, 0.05) is 31.8 Å². The molecule has 8 heteroatoms. The second-order valence-electron chi connectivity index (χ2n) is 5.13. The number of pyridine rings is 1. The number of hydrogen-bond acceptors (Lipinski definition) is 5. The molecular weight excluding hydrogens is 433 g/mol. The molecule has 0 spiro atoms. The molecule has 0 amide bonds. The van der Waals surface area contributed by atoms with Crippen LogP contribution in [0.4, 0.5) is 0 Å². The SMILES string of the molecule is CCc1noc(CC)c1CNC(=NC)NCCOc1cccnc1.I. The summed E-state index contributed by atoms with van der Waals surface area (Å²) in [6.45, 7) is 5.94. The fourth-order valence-electron chi connectivity index (χ4n) is 2.30. The predicted molar refractivity (Wildman–Crippen MR) is 109 cm³/mol. The van der Waals surface area contributed by atoms with Gasteiger partial charge in [0.05, 0.1) is 18.4 Å². The Morgan fingerprint density at radius 3 is 2.76 bits per heavy atom. The molecule has 0 aliphatic rings. The Bertz CT molecular complexity index is 624. The van der Waals surface area contributed by atoms with E-state index in [0.29, 0.717) is 19.7 Å². The Labute approximate surface area is 165 Å². The number of nitrogens with one attached hydrogen (secondary N) is 2. The highest BCUT2D eigenvalue weighted by atomic mass is 127. The van der Waals surface area contributed by atoms with Gasteiger partial charge < -0.3 is 19.9 Å². The molecule has 0 bridgehead atoms. The van der Waals surface area contributed by atoms with Crippen LogP contribution in [0.1, 0.15) is 30.9 Å². The van der Waals surface area contributed by atoms with Crippen molar-refractivity contribution in [3.63, 3.8) is 0 Å². The van der Waals surface area contributed by atoms with Crippen molar-refractivity contribution in [2.75, 3.05) is 20.2 Å². The van der Waals surface area contributed by atoms with Crippen LogP contribution in [0.15, 0.2) is 34.0 Å². The molecule has 0 unspecified atom stereocenters. The third-order valence-corrected chi connectivity index (χ3v) is 3.56. The third-order valence-electron chi connectivity index (χ3n) is 3.56. The van der Waals surface area contributed by atoms with E-state index in [9.17, 15) is 0 Å². The van der Waals surface area contributed by atoms with Gasteiger partial charge in [-0.3, -0.25) is 9.98 Å². The minimum Gasteiger partial charge on any atom is -0.490 e. The first kappa shape index (κ1) is 21.2. The van der Waals surface area contributed by atoms with Crippen molar-refractivity contribution in [1.82, 2.24) is 20.8 Å². The van der Waals surface area contributed by atoms with Gasteiger partial charge >= 0.3 is 0 Å². The van der Waals surface area contributed by atoms with Crippen LogP contribution in [0, 0.1) is 0 Å². The molecule has 0 saturated heterocycles. The summed E-state index contributed by atoms with van der Waals surface area (Å²) in [5.41, 5.74) is 2.12. The van der Waals surface area contributed by atoms with E-state index in [1.165, 1.54) is 0 Å². The highest BCUT2D eigenvalue weighted by Crippen LogP contribution is 2.15. The Kier molecular flexibility index (Phi) is 9.90. The lowest BCUT2D eigenvalue weighted by Crippen LogP contribution is -2.39. The minimum absolute atomic E-state index is 0. The van der Waals surface area contributed by atoms with Crippen molar-refractivity contribution in [2.24, 2.45) is 4.99 Å². The number of guanidine groups is 1. The van der Waals surface area contributed by atoms with Gasteiger partial charge in [-0.25, -0.2) is 0 Å². The molecule has 2 aromatic heterocycles. The molecular formula is C17H26IN5O2. The predicted octanol–water partition coefficient (Wildman–Crippen LogP) is 2.56. The zero-order valence-corrected chi connectivity index (χ0v) is 17.2. The molecule has 138 valence electrons. The van der Waals surface area contributed by atoms with Gasteiger partial charge in [0.15, 0.2) is 5.96 Å². The molecule has 0 aromatic carbocycles. The van der Waals surface area contributed by atoms with E-state index in [2.05, 4.69) is 39.6 Å². The van der Waals surface area contributed by atoms with E-state index in [4.69, 9.17) is 9.26 Å². The molecule has 7 nitrogen and oxygen atoms in total. The summed E-state index contributed by atoms with van der Waals surface area (Å²) in [5.74, 6) is 2.40. The highest BCUT2D eigenvalue weighted by Gasteiger charge is 2.13. The van der Waals surface area contributed by atoms with Gasteiger partial charge in [-0.2, -0.15) is 0 Å². The molecule has 0 radical (unpaired) electrons. The quantitative estimate of drug-likeness (QED) is 0.273. The van der Waals surface area contributed by atoms with Crippen molar-refractivity contribution in [2.45, 2.75) is 33.2 Å². The Morgan fingerprint density at radius 2 is 2.12 bits per heavy atom. The zero-order chi connectivity index (χ0) is 17.2. The topological polar surface area (TPSA) is 84.6 Å². The van der Waals surface area contributed by atoms with Crippen molar-refractivity contribution in [1.29, 1.82) is 0 Å². The van der Waals surface area contributed by atoms with Gasteiger partial charge in [0.2, 0.25) is 0 Å². The number of halogens is 1. The first-order chi connectivity index (χ1) is 11.8. The standard InChI is InChI=1S/C17H25N5O2.HI/c1-4-15-14(16(5-2)24-22-15)12-21-17(18-3)20-9-10-23-13-7-6-8-19-11-13;/h6-8,11H,4-5,9-10,12H2,1-3H3,(H2,18,20,21);1H. The third kappa shape index (κ3) is 6.52. The lowest BCUT2D eigenvalue weighted by atomic mass is 10.1. The monoisotopic (exact) mass is 459 g/mol. The van der Waals surface area contributed by atoms with Crippen molar-refractivity contribution in [3.8, 4) is 5.75 Å². The summed E-state index contributed by atoms with van der Waals surface area (Å²) in [6, 6.07) is 3.73. The van der Waals surface area contributed by atoms with E-state index >= 15 is 0 Å². The van der Waals surface area contributed by atoms with Crippen molar-refractivity contribution >= 4 is 29.9 Å². The summed E-state index contributed by atoms with van der Waals surface area (Å²) in [4.78, 5) is 8.23. The minimum atomic E-state index is 0. The number of aromatic nitrogens is 2. The largest absolute Gasteiger partial charge is 0.490 e. The summed E-state index contributed by atoms with van der Waals surface area (Å²) in [6.07, 6.45) is 5.09.